The lowest BCUT2D eigenvalue weighted by atomic mass is 9.86. The summed E-state index contributed by atoms with van der Waals surface area (Å²) >= 11 is 5.97. The predicted molar refractivity (Wildman–Crippen MR) is 94.2 cm³/mol. The van der Waals surface area contributed by atoms with Crippen LogP contribution in [0.3, 0.4) is 0 Å². The molecule has 0 bridgehead atoms. The Kier molecular flexibility index (Phi) is 7.77. The van der Waals surface area contributed by atoms with Crippen molar-refractivity contribution < 1.29 is 17.9 Å². The highest BCUT2D eigenvalue weighted by molar-refractivity contribution is 7.89. The van der Waals surface area contributed by atoms with Gasteiger partial charge in [0, 0.05) is 31.8 Å². The molecule has 0 atom stereocenters. The van der Waals surface area contributed by atoms with Crippen molar-refractivity contribution in [1.29, 1.82) is 0 Å². The third kappa shape index (κ3) is 5.89. The molecule has 0 amide bonds. The van der Waals surface area contributed by atoms with Crippen LogP contribution < -0.4 is 14.8 Å². The normalized spacial score (nSPS) is 15.2. The second-order valence-corrected chi connectivity index (χ2v) is 8.01. The molecular weight excluding hydrogens is 352 g/mol. The quantitative estimate of drug-likeness (QED) is 0.578. The Bertz CT molecular complexity index is 621. The fraction of sp³-hybridized carbons (Fsp3) is 0.625. The van der Waals surface area contributed by atoms with Gasteiger partial charge in [0.1, 0.15) is 10.6 Å². The minimum atomic E-state index is -3.67. The highest BCUT2D eigenvalue weighted by Crippen LogP contribution is 2.31. The number of ether oxygens (including phenoxy) is 2. The van der Waals surface area contributed by atoms with Gasteiger partial charge >= 0.3 is 0 Å². The fourth-order valence-electron chi connectivity index (χ4n) is 2.33. The van der Waals surface area contributed by atoms with Crippen molar-refractivity contribution >= 4 is 21.6 Å². The minimum absolute atomic E-state index is 0.0891. The molecule has 1 saturated carbocycles. The monoisotopic (exact) mass is 376 g/mol. The molecule has 1 aliphatic rings. The van der Waals surface area contributed by atoms with Crippen molar-refractivity contribution in [3.05, 3.63) is 23.2 Å². The molecular formula is C16H25ClN2O4S. The van der Waals surface area contributed by atoms with Gasteiger partial charge in [0.2, 0.25) is 10.0 Å². The summed E-state index contributed by atoms with van der Waals surface area (Å²) in [7, 11) is -2.05. The topological polar surface area (TPSA) is 76.7 Å². The number of halogens is 1. The van der Waals surface area contributed by atoms with Gasteiger partial charge in [0.05, 0.1) is 13.2 Å². The number of nitrogens with one attached hydrogen (secondary N) is 2. The first-order chi connectivity index (χ1) is 11.5. The van der Waals surface area contributed by atoms with E-state index in [0.29, 0.717) is 43.0 Å². The maximum absolute atomic E-state index is 12.5. The molecule has 0 unspecified atom stereocenters. The molecule has 6 nitrogen and oxygen atoms in total. The first-order valence-corrected chi connectivity index (χ1v) is 10.0. The molecule has 0 aromatic heterocycles. The van der Waals surface area contributed by atoms with Gasteiger partial charge in [0.15, 0.2) is 0 Å². The van der Waals surface area contributed by atoms with Crippen LogP contribution in [0.1, 0.15) is 19.3 Å². The van der Waals surface area contributed by atoms with Crippen LogP contribution in [0.2, 0.25) is 5.02 Å². The van der Waals surface area contributed by atoms with Crippen molar-refractivity contribution in [2.24, 2.45) is 5.92 Å². The number of hydrogen-bond donors (Lipinski definition) is 2. The van der Waals surface area contributed by atoms with Crippen LogP contribution in [-0.2, 0) is 14.8 Å². The molecule has 1 aromatic rings. The molecule has 1 aliphatic carbocycles. The smallest absolute Gasteiger partial charge is 0.244 e. The third-order valence-corrected chi connectivity index (χ3v) is 5.69. The van der Waals surface area contributed by atoms with Crippen molar-refractivity contribution in [3.8, 4) is 5.75 Å². The largest absolute Gasteiger partial charge is 0.492 e. The van der Waals surface area contributed by atoms with E-state index in [4.69, 9.17) is 21.1 Å². The Morgan fingerprint density at radius 2 is 2.04 bits per heavy atom. The van der Waals surface area contributed by atoms with Crippen LogP contribution in [0.15, 0.2) is 23.1 Å². The van der Waals surface area contributed by atoms with E-state index in [1.807, 2.05) is 0 Å². The highest BCUT2D eigenvalue weighted by atomic mass is 35.5. The predicted octanol–water partition coefficient (Wildman–Crippen LogP) is 2.03. The maximum atomic E-state index is 12.5. The number of methoxy groups -OCH3 is 1. The maximum Gasteiger partial charge on any atom is 0.244 e. The Morgan fingerprint density at radius 3 is 2.71 bits per heavy atom. The van der Waals surface area contributed by atoms with Gasteiger partial charge in [-0.15, -0.1) is 0 Å². The minimum Gasteiger partial charge on any atom is -0.492 e. The number of sulfonamides is 1. The van der Waals surface area contributed by atoms with Crippen LogP contribution in [0.4, 0.5) is 0 Å². The Labute approximate surface area is 148 Å². The van der Waals surface area contributed by atoms with E-state index in [0.717, 1.165) is 12.8 Å². The van der Waals surface area contributed by atoms with Crippen molar-refractivity contribution in [1.82, 2.24) is 10.0 Å². The lowest BCUT2D eigenvalue weighted by molar-refractivity contribution is 0.177. The number of hydrogen-bond acceptors (Lipinski definition) is 5. The van der Waals surface area contributed by atoms with Crippen molar-refractivity contribution in [3.63, 3.8) is 0 Å². The van der Waals surface area contributed by atoms with E-state index in [1.165, 1.54) is 12.5 Å². The van der Waals surface area contributed by atoms with Gasteiger partial charge in [-0.05, 0) is 37.0 Å². The van der Waals surface area contributed by atoms with Gasteiger partial charge in [0.25, 0.3) is 0 Å². The first kappa shape index (κ1) is 19.5. The zero-order valence-corrected chi connectivity index (χ0v) is 15.5. The average molecular weight is 377 g/mol. The molecule has 1 aromatic carbocycles. The number of rotatable bonds is 11. The summed E-state index contributed by atoms with van der Waals surface area (Å²) in [6, 6.07) is 4.69. The molecule has 8 heteroatoms. The van der Waals surface area contributed by atoms with Crippen molar-refractivity contribution in [2.75, 3.05) is 40.0 Å². The summed E-state index contributed by atoms with van der Waals surface area (Å²) in [6.45, 7) is 2.59. The van der Waals surface area contributed by atoms with Gasteiger partial charge in [-0.3, -0.25) is 0 Å². The first-order valence-electron chi connectivity index (χ1n) is 8.14. The number of benzene rings is 1. The van der Waals surface area contributed by atoms with E-state index in [2.05, 4.69) is 10.0 Å². The lowest BCUT2D eigenvalue weighted by Crippen LogP contribution is -2.33. The Morgan fingerprint density at radius 1 is 1.25 bits per heavy atom. The van der Waals surface area contributed by atoms with Crippen LogP contribution >= 0.6 is 11.6 Å². The molecule has 0 heterocycles. The van der Waals surface area contributed by atoms with Gasteiger partial charge in [-0.25, -0.2) is 13.1 Å². The van der Waals surface area contributed by atoms with E-state index >= 15 is 0 Å². The summed E-state index contributed by atoms with van der Waals surface area (Å²) in [5.74, 6) is 0.875. The highest BCUT2D eigenvalue weighted by Gasteiger charge is 2.22. The van der Waals surface area contributed by atoms with E-state index < -0.39 is 10.0 Å². The SMILES string of the molecule is COCCNCCNS(=O)(=O)c1cc(Cl)ccc1OCC1CCC1. The van der Waals surface area contributed by atoms with Crippen LogP contribution in [0.5, 0.6) is 5.75 Å². The molecule has 2 N–H and O–H groups in total. The Balaban J connectivity index is 1.94. The molecule has 0 saturated heterocycles. The second kappa shape index (κ2) is 9.58. The zero-order chi connectivity index (χ0) is 17.4. The fourth-order valence-corrected chi connectivity index (χ4v) is 3.77. The van der Waals surface area contributed by atoms with Gasteiger partial charge in [-0.2, -0.15) is 0 Å². The summed E-state index contributed by atoms with van der Waals surface area (Å²) in [6.07, 6.45) is 3.50. The summed E-state index contributed by atoms with van der Waals surface area (Å²) in [5.41, 5.74) is 0. The summed E-state index contributed by atoms with van der Waals surface area (Å²) in [4.78, 5) is 0.0891. The van der Waals surface area contributed by atoms with Gasteiger partial charge < -0.3 is 14.8 Å². The lowest BCUT2D eigenvalue weighted by Gasteiger charge is -2.25. The van der Waals surface area contributed by atoms with E-state index in [9.17, 15) is 8.42 Å². The summed E-state index contributed by atoms with van der Waals surface area (Å²) < 4.78 is 38.3. The third-order valence-electron chi connectivity index (χ3n) is 3.97. The van der Waals surface area contributed by atoms with Crippen LogP contribution in [-0.4, -0.2) is 48.4 Å². The van der Waals surface area contributed by atoms with E-state index in [1.54, 1.807) is 19.2 Å². The average Bonchev–Trinajstić information content (AvgIpc) is 2.50. The van der Waals surface area contributed by atoms with Gasteiger partial charge in [-0.1, -0.05) is 18.0 Å². The molecule has 0 radical (unpaired) electrons. The van der Waals surface area contributed by atoms with E-state index in [-0.39, 0.29) is 11.4 Å². The summed E-state index contributed by atoms with van der Waals surface area (Å²) in [5, 5.41) is 3.45. The molecule has 0 aliphatic heterocycles. The standard InChI is InChI=1S/C16H25ClN2O4S/c1-22-10-9-18-7-8-19-24(20,21)16-11-14(17)5-6-15(16)23-12-13-3-2-4-13/h5-6,11,13,18-19H,2-4,7-10,12H2,1H3. The molecule has 1 fully saturated rings. The van der Waals surface area contributed by atoms with Crippen LogP contribution in [0, 0.1) is 5.92 Å². The molecule has 0 spiro atoms. The zero-order valence-electron chi connectivity index (χ0n) is 13.9. The Hall–Kier alpha value is -0.860. The molecule has 136 valence electrons. The van der Waals surface area contributed by atoms with Crippen molar-refractivity contribution in [2.45, 2.75) is 24.2 Å². The van der Waals surface area contributed by atoms with Crippen LogP contribution in [0.25, 0.3) is 0 Å². The molecule has 24 heavy (non-hydrogen) atoms. The molecule has 2 rings (SSSR count). The second-order valence-electron chi connectivity index (χ2n) is 5.84.